The van der Waals surface area contributed by atoms with E-state index in [1.54, 1.807) is 19.4 Å². The molecular weight excluding hydrogens is 336 g/mol. The van der Waals surface area contributed by atoms with Crippen LogP contribution in [-0.2, 0) is 13.5 Å². The first-order valence-electron chi connectivity index (χ1n) is 7.99. The van der Waals surface area contributed by atoms with Crippen molar-refractivity contribution in [2.45, 2.75) is 19.4 Å². The fraction of sp³-hybridized carbons (Fsp3) is 0.211. The molecule has 6 heteroatoms. The summed E-state index contributed by atoms with van der Waals surface area (Å²) in [5.41, 5.74) is 3.43. The van der Waals surface area contributed by atoms with Gasteiger partial charge in [-0.3, -0.25) is 9.78 Å². The highest BCUT2D eigenvalue weighted by molar-refractivity contribution is 6.32. The average molecular weight is 355 g/mol. The molecule has 128 valence electrons. The minimum atomic E-state index is -0.332. The van der Waals surface area contributed by atoms with E-state index in [2.05, 4.69) is 46.6 Å². The number of anilines is 1. The minimum Gasteiger partial charge on any atom is -0.374 e. The molecule has 1 aromatic carbocycles. The summed E-state index contributed by atoms with van der Waals surface area (Å²) in [4.78, 5) is 16.5. The predicted molar refractivity (Wildman–Crippen MR) is 100.0 cm³/mol. The van der Waals surface area contributed by atoms with E-state index in [1.165, 1.54) is 15.8 Å². The number of aryl methyl sites for hydroxylation is 2. The summed E-state index contributed by atoms with van der Waals surface area (Å²) >= 11 is 6.20. The first kappa shape index (κ1) is 17.2. The van der Waals surface area contributed by atoms with Crippen LogP contribution in [0.1, 0.15) is 22.9 Å². The Labute approximate surface area is 151 Å². The number of nitrogens with one attached hydrogen (secondary N) is 1. The maximum absolute atomic E-state index is 12.0. The van der Waals surface area contributed by atoms with Gasteiger partial charge in [-0.2, -0.15) is 5.10 Å². The van der Waals surface area contributed by atoms with Crippen LogP contribution in [0.25, 0.3) is 0 Å². The first-order chi connectivity index (χ1) is 12.0. The molecular formula is C19H19ClN4O. The summed E-state index contributed by atoms with van der Waals surface area (Å²) in [6.45, 7) is 2.06. The van der Waals surface area contributed by atoms with Gasteiger partial charge in [0.15, 0.2) is 0 Å². The van der Waals surface area contributed by atoms with Crippen molar-refractivity contribution < 1.29 is 0 Å². The molecule has 0 aliphatic rings. The van der Waals surface area contributed by atoms with Crippen LogP contribution < -0.4 is 10.9 Å². The highest BCUT2D eigenvalue weighted by Crippen LogP contribution is 2.25. The molecule has 0 bridgehead atoms. The van der Waals surface area contributed by atoms with Crippen molar-refractivity contribution in [2.75, 3.05) is 5.32 Å². The summed E-state index contributed by atoms with van der Waals surface area (Å²) in [5.74, 6) is 0. The van der Waals surface area contributed by atoms with E-state index in [9.17, 15) is 4.79 Å². The van der Waals surface area contributed by atoms with Crippen molar-refractivity contribution in [3.05, 3.63) is 87.1 Å². The Morgan fingerprint density at radius 1 is 1.20 bits per heavy atom. The highest BCUT2D eigenvalue weighted by Gasteiger charge is 2.17. The Kier molecular flexibility index (Phi) is 5.14. The molecule has 25 heavy (non-hydrogen) atoms. The van der Waals surface area contributed by atoms with E-state index in [4.69, 9.17) is 11.6 Å². The maximum atomic E-state index is 12.0. The van der Waals surface area contributed by atoms with E-state index in [1.807, 2.05) is 18.2 Å². The molecule has 5 nitrogen and oxygen atoms in total. The minimum absolute atomic E-state index is 0.127. The van der Waals surface area contributed by atoms with Gasteiger partial charge in [0.2, 0.25) is 0 Å². The maximum Gasteiger partial charge on any atom is 0.287 e. The van der Waals surface area contributed by atoms with Crippen molar-refractivity contribution in [3.63, 3.8) is 0 Å². The number of nitrogens with zero attached hydrogens (tertiary/aromatic N) is 3. The number of aromatic nitrogens is 3. The lowest BCUT2D eigenvalue weighted by Crippen LogP contribution is -2.23. The molecule has 2 aromatic heterocycles. The van der Waals surface area contributed by atoms with Gasteiger partial charge in [-0.25, -0.2) is 4.68 Å². The summed E-state index contributed by atoms with van der Waals surface area (Å²) in [5, 5.41) is 7.49. The summed E-state index contributed by atoms with van der Waals surface area (Å²) in [6.07, 6.45) is 4.03. The van der Waals surface area contributed by atoms with Gasteiger partial charge in [0.05, 0.1) is 23.6 Å². The summed E-state index contributed by atoms with van der Waals surface area (Å²) < 4.78 is 1.21. The number of pyridine rings is 1. The van der Waals surface area contributed by atoms with Crippen LogP contribution in [0.3, 0.4) is 0 Å². The fourth-order valence-corrected chi connectivity index (χ4v) is 2.80. The number of halogens is 1. The van der Waals surface area contributed by atoms with Crippen molar-refractivity contribution in [1.82, 2.24) is 14.8 Å². The Hall–Kier alpha value is -2.66. The third-order valence-electron chi connectivity index (χ3n) is 4.01. The van der Waals surface area contributed by atoms with Crippen LogP contribution in [0.4, 0.5) is 5.69 Å². The molecule has 2 heterocycles. The average Bonchev–Trinajstić information content (AvgIpc) is 2.64. The zero-order chi connectivity index (χ0) is 17.8. The van der Waals surface area contributed by atoms with E-state index >= 15 is 0 Å². The zero-order valence-electron chi connectivity index (χ0n) is 14.1. The molecule has 0 amide bonds. The van der Waals surface area contributed by atoms with Crippen molar-refractivity contribution in [2.24, 2.45) is 7.05 Å². The van der Waals surface area contributed by atoms with Gasteiger partial charge in [0.25, 0.3) is 5.56 Å². The highest BCUT2D eigenvalue weighted by atomic mass is 35.5. The molecule has 0 aliphatic heterocycles. The van der Waals surface area contributed by atoms with Gasteiger partial charge >= 0.3 is 0 Å². The van der Waals surface area contributed by atoms with Crippen LogP contribution in [0.2, 0.25) is 5.02 Å². The predicted octanol–water partition coefficient (Wildman–Crippen LogP) is 3.53. The largest absolute Gasteiger partial charge is 0.374 e. The van der Waals surface area contributed by atoms with Gasteiger partial charge in [-0.05, 0) is 31.0 Å². The molecule has 1 atom stereocenters. The fourth-order valence-electron chi connectivity index (χ4n) is 2.57. The Morgan fingerprint density at radius 2 is 1.96 bits per heavy atom. The Balaban J connectivity index is 1.93. The second kappa shape index (κ2) is 7.49. The van der Waals surface area contributed by atoms with E-state index in [0.29, 0.717) is 12.1 Å². The van der Waals surface area contributed by atoms with Crippen LogP contribution in [0.15, 0.2) is 59.7 Å². The smallest absolute Gasteiger partial charge is 0.287 e. The van der Waals surface area contributed by atoms with Crippen LogP contribution in [0.5, 0.6) is 0 Å². The molecule has 3 aromatic rings. The van der Waals surface area contributed by atoms with Gasteiger partial charge in [-0.1, -0.05) is 47.5 Å². The second-order valence-corrected chi connectivity index (χ2v) is 6.32. The van der Waals surface area contributed by atoms with Gasteiger partial charge in [0, 0.05) is 13.2 Å². The monoisotopic (exact) mass is 354 g/mol. The number of rotatable bonds is 5. The van der Waals surface area contributed by atoms with E-state index in [0.717, 1.165) is 5.69 Å². The third-order valence-corrected chi connectivity index (χ3v) is 4.38. The summed E-state index contributed by atoms with van der Waals surface area (Å²) in [6, 6.07) is 14.0. The van der Waals surface area contributed by atoms with Gasteiger partial charge in [0.1, 0.15) is 5.02 Å². The Morgan fingerprint density at radius 3 is 2.64 bits per heavy atom. The van der Waals surface area contributed by atoms with Crippen molar-refractivity contribution in [1.29, 1.82) is 0 Å². The number of hydrogen-bond donors (Lipinski definition) is 1. The third kappa shape index (κ3) is 4.06. The van der Waals surface area contributed by atoms with Crippen LogP contribution in [0, 0.1) is 6.92 Å². The zero-order valence-corrected chi connectivity index (χ0v) is 14.9. The molecule has 0 fully saturated rings. The van der Waals surface area contributed by atoms with Crippen LogP contribution in [-0.4, -0.2) is 14.8 Å². The Bertz CT molecular complexity index is 907. The lowest BCUT2D eigenvalue weighted by molar-refractivity contribution is 0.699. The van der Waals surface area contributed by atoms with Crippen LogP contribution >= 0.6 is 11.6 Å². The van der Waals surface area contributed by atoms with Gasteiger partial charge < -0.3 is 5.32 Å². The second-order valence-electron chi connectivity index (χ2n) is 5.94. The van der Waals surface area contributed by atoms with Crippen molar-refractivity contribution >= 4 is 17.3 Å². The molecule has 3 rings (SSSR count). The molecule has 1 N–H and O–H groups in total. The first-order valence-corrected chi connectivity index (χ1v) is 8.37. The quantitative estimate of drug-likeness (QED) is 0.761. The number of hydrogen-bond acceptors (Lipinski definition) is 4. The van der Waals surface area contributed by atoms with E-state index in [-0.39, 0.29) is 16.6 Å². The molecule has 0 aliphatic carbocycles. The molecule has 0 saturated carbocycles. The van der Waals surface area contributed by atoms with Crippen molar-refractivity contribution in [3.8, 4) is 0 Å². The molecule has 0 radical (unpaired) electrons. The normalized spacial score (nSPS) is 12.0. The standard InChI is InChI=1S/C19H19ClN4O/c1-13-6-8-14(9-7-13)11-16(15-5-3-4-10-21-15)23-17-12-22-24(2)19(25)18(17)20/h3-10,12,16,23H,11H2,1-2H3. The lowest BCUT2D eigenvalue weighted by atomic mass is 10.0. The topological polar surface area (TPSA) is 59.8 Å². The van der Waals surface area contributed by atoms with Gasteiger partial charge in [-0.15, -0.1) is 0 Å². The molecule has 0 spiro atoms. The molecule has 1 unspecified atom stereocenters. The van der Waals surface area contributed by atoms with E-state index < -0.39 is 0 Å². The number of benzene rings is 1. The SMILES string of the molecule is Cc1ccc(CC(Nc2cnn(C)c(=O)c2Cl)c2ccccn2)cc1. The molecule has 0 saturated heterocycles. The lowest BCUT2D eigenvalue weighted by Gasteiger charge is -2.20. The summed E-state index contributed by atoms with van der Waals surface area (Å²) in [7, 11) is 1.57.